The highest BCUT2D eigenvalue weighted by molar-refractivity contribution is 7.22. The Bertz CT molecular complexity index is 1170. The number of H-pyrrole nitrogens is 1. The van der Waals surface area contributed by atoms with Gasteiger partial charge in [0.05, 0.1) is 12.1 Å². The van der Waals surface area contributed by atoms with Crippen molar-refractivity contribution in [3.63, 3.8) is 0 Å². The van der Waals surface area contributed by atoms with Gasteiger partial charge in [0.2, 0.25) is 0 Å². The Balaban J connectivity index is 1.57. The molecule has 0 saturated heterocycles. The fraction of sp³-hybridized carbons (Fsp3) is 0.143. The Morgan fingerprint density at radius 1 is 1.00 bits per heavy atom. The molecule has 28 heavy (non-hydrogen) atoms. The van der Waals surface area contributed by atoms with Crippen molar-refractivity contribution >= 4 is 21.6 Å². The van der Waals surface area contributed by atoms with Crippen LogP contribution in [0.4, 0.5) is 8.78 Å². The molecular formula is C21H17F2N3OS. The smallest absolute Gasteiger partial charge is 0.268 e. The Morgan fingerprint density at radius 2 is 1.64 bits per heavy atom. The van der Waals surface area contributed by atoms with E-state index in [0.717, 1.165) is 16.0 Å². The maximum absolute atomic E-state index is 13.1. The van der Waals surface area contributed by atoms with Gasteiger partial charge in [-0.1, -0.05) is 24.3 Å². The number of hydrogen-bond acceptors (Lipinski definition) is 4. The van der Waals surface area contributed by atoms with E-state index in [1.165, 1.54) is 35.6 Å². The summed E-state index contributed by atoms with van der Waals surface area (Å²) in [7, 11) is 1.91. The van der Waals surface area contributed by atoms with E-state index in [4.69, 9.17) is 0 Å². The minimum Gasteiger partial charge on any atom is -0.308 e. The highest BCUT2D eigenvalue weighted by Gasteiger charge is 2.12. The second kappa shape index (κ2) is 7.61. The number of nitrogens with one attached hydrogen (secondary N) is 1. The fourth-order valence-corrected chi connectivity index (χ4v) is 4.03. The van der Waals surface area contributed by atoms with Gasteiger partial charge in [-0.15, -0.1) is 11.3 Å². The number of nitrogens with zero attached hydrogens (tertiary/aromatic N) is 2. The normalized spacial score (nSPS) is 11.4. The second-order valence-corrected chi connectivity index (χ2v) is 7.70. The summed E-state index contributed by atoms with van der Waals surface area (Å²) in [5, 5.41) is 0. The van der Waals surface area contributed by atoms with E-state index >= 15 is 0 Å². The third-order valence-corrected chi connectivity index (χ3v) is 5.52. The third kappa shape index (κ3) is 4.00. The first kappa shape index (κ1) is 18.5. The number of halogens is 2. The molecule has 0 fully saturated rings. The molecule has 0 unspecified atom stereocenters. The molecule has 0 atom stereocenters. The van der Waals surface area contributed by atoms with Crippen molar-refractivity contribution < 1.29 is 8.78 Å². The molecule has 0 aliphatic carbocycles. The zero-order valence-electron chi connectivity index (χ0n) is 15.1. The van der Waals surface area contributed by atoms with E-state index < -0.39 is 0 Å². The molecule has 142 valence electrons. The lowest BCUT2D eigenvalue weighted by molar-refractivity contribution is 0.310. The number of thiophene rings is 1. The van der Waals surface area contributed by atoms with Crippen LogP contribution >= 0.6 is 11.3 Å². The minimum atomic E-state index is -0.299. The van der Waals surface area contributed by atoms with Crippen LogP contribution in [0.5, 0.6) is 0 Å². The molecule has 0 aliphatic rings. The van der Waals surface area contributed by atoms with Gasteiger partial charge >= 0.3 is 0 Å². The number of rotatable bonds is 5. The first-order chi connectivity index (χ1) is 13.5. The van der Waals surface area contributed by atoms with Gasteiger partial charge in [0.1, 0.15) is 22.2 Å². The first-order valence-electron chi connectivity index (χ1n) is 8.69. The Morgan fingerprint density at radius 3 is 2.32 bits per heavy atom. The maximum Gasteiger partial charge on any atom is 0.268 e. The Hall–Kier alpha value is -2.90. The summed E-state index contributed by atoms with van der Waals surface area (Å²) in [4.78, 5) is 22.7. The summed E-state index contributed by atoms with van der Waals surface area (Å²) in [6.45, 7) is 1.05. The van der Waals surface area contributed by atoms with Crippen molar-refractivity contribution in [2.45, 2.75) is 13.1 Å². The van der Waals surface area contributed by atoms with Crippen LogP contribution in [0, 0.1) is 11.6 Å². The molecule has 2 aromatic heterocycles. The number of aromatic amines is 1. The monoisotopic (exact) mass is 397 g/mol. The van der Waals surface area contributed by atoms with Gasteiger partial charge in [-0.25, -0.2) is 13.8 Å². The maximum atomic E-state index is 13.1. The summed E-state index contributed by atoms with van der Waals surface area (Å²) in [5.74, 6) is -0.00449. The molecular weight excluding hydrogens is 380 g/mol. The predicted octanol–water partition coefficient (Wildman–Crippen LogP) is 4.56. The van der Waals surface area contributed by atoms with Gasteiger partial charge in [-0.05, 0) is 48.5 Å². The molecule has 4 nitrogen and oxygen atoms in total. The molecule has 7 heteroatoms. The van der Waals surface area contributed by atoms with Crippen molar-refractivity contribution in [1.82, 2.24) is 14.9 Å². The highest BCUT2D eigenvalue weighted by Crippen LogP contribution is 2.30. The number of fused-ring (bicyclic) bond motifs is 1. The van der Waals surface area contributed by atoms with Crippen LogP contribution in [0.1, 0.15) is 11.4 Å². The minimum absolute atomic E-state index is 0.187. The van der Waals surface area contributed by atoms with Crippen LogP contribution in [0.3, 0.4) is 0 Å². The zero-order valence-corrected chi connectivity index (χ0v) is 15.9. The topological polar surface area (TPSA) is 49.0 Å². The van der Waals surface area contributed by atoms with E-state index in [1.807, 2.05) is 18.0 Å². The SMILES string of the molecule is CN(Cc1ccc(F)cc1)Cc1nc2cc(-c3ccc(F)cc3)sc2c(=O)[nH]1. The van der Waals surface area contributed by atoms with Crippen LogP contribution < -0.4 is 5.56 Å². The lowest BCUT2D eigenvalue weighted by Crippen LogP contribution is -2.21. The van der Waals surface area contributed by atoms with Crippen LogP contribution in [0.25, 0.3) is 20.7 Å². The van der Waals surface area contributed by atoms with Crippen molar-refractivity contribution in [3.05, 3.63) is 88.0 Å². The molecule has 2 aromatic carbocycles. The number of aromatic nitrogens is 2. The van der Waals surface area contributed by atoms with Crippen LogP contribution in [-0.4, -0.2) is 21.9 Å². The molecule has 0 saturated carbocycles. The molecule has 1 N–H and O–H groups in total. The van der Waals surface area contributed by atoms with Gasteiger partial charge in [-0.3, -0.25) is 9.69 Å². The highest BCUT2D eigenvalue weighted by atomic mass is 32.1. The average Bonchev–Trinajstić information content (AvgIpc) is 3.09. The summed E-state index contributed by atoms with van der Waals surface area (Å²) < 4.78 is 26.7. The molecule has 0 bridgehead atoms. The average molecular weight is 397 g/mol. The van der Waals surface area contributed by atoms with Gasteiger partial charge in [-0.2, -0.15) is 0 Å². The fourth-order valence-electron chi connectivity index (χ4n) is 3.03. The lowest BCUT2D eigenvalue weighted by atomic mass is 10.2. The van der Waals surface area contributed by atoms with E-state index in [1.54, 1.807) is 24.3 Å². The standard InChI is InChI=1S/C21H17F2N3OS/c1-26(11-13-2-6-15(22)7-3-13)12-19-24-17-10-18(28-20(17)21(27)25-19)14-4-8-16(23)9-5-14/h2-10H,11-12H2,1H3,(H,24,25,27). The lowest BCUT2D eigenvalue weighted by Gasteiger charge is -2.16. The van der Waals surface area contributed by atoms with E-state index in [2.05, 4.69) is 9.97 Å². The van der Waals surface area contributed by atoms with Gasteiger partial charge in [0, 0.05) is 11.4 Å². The molecule has 0 aliphatic heterocycles. The summed E-state index contributed by atoms with van der Waals surface area (Å²) >= 11 is 1.34. The van der Waals surface area contributed by atoms with Crippen LogP contribution in [0.2, 0.25) is 0 Å². The zero-order chi connectivity index (χ0) is 19.7. The number of hydrogen-bond donors (Lipinski definition) is 1. The first-order valence-corrected chi connectivity index (χ1v) is 9.51. The van der Waals surface area contributed by atoms with Crippen molar-refractivity contribution in [2.75, 3.05) is 7.05 Å². The van der Waals surface area contributed by atoms with Crippen LogP contribution in [0.15, 0.2) is 59.4 Å². The quantitative estimate of drug-likeness (QED) is 0.537. The predicted molar refractivity (Wildman–Crippen MR) is 107 cm³/mol. The van der Waals surface area contributed by atoms with Gasteiger partial charge < -0.3 is 4.98 Å². The summed E-state index contributed by atoms with van der Waals surface area (Å²) in [5.41, 5.74) is 2.26. The Kier molecular flexibility index (Phi) is 5.02. The Labute approximate surface area is 164 Å². The molecule has 0 spiro atoms. The summed E-state index contributed by atoms with van der Waals surface area (Å²) in [6, 6.07) is 14.3. The van der Waals surface area contributed by atoms with Crippen molar-refractivity contribution in [3.8, 4) is 10.4 Å². The van der Waals surface area contributed by atoms with E-state index in [0.29, 0.717) is 29.1 Å². The molecule has 4 rings (SSSR count). The second-order valence-electron chi connectivity index (χ2n) is 6.64. The third-order valence-electron chi connectivity index (χ3n) is 4.35. The molecule has 2 heterocycles. The van der Waals surface area contributed by atoms with Gasteiger partial charge in [0.25, 0.3) is 5.56 Å². The van der Waals surface area contributed by atoms with E-state index in [9.17, 15) is 13.6 Å². The molecule has 4 aromatic rings. The number of benzene rings is 2. The van der Waals surface area contributed by atoms with Crippen LogP contribution in [-0.2, 0) is 13.1 Å². The van der Waals surface area contributed by atoms with E-state index in [-0.39, 0.29) is 17.2 Å². The molecule has 0 radical (unpaired) electrons. The van der Waals surface area contributed by atoms with Crippen molar-refractivity contribution in [1.29, 1.82) is 0 Å². The van der Waals surface area contributed by atoms with Crippen molar-refractivity contribution in [2.24, 2.45) is 0 Å². The van der Waals surface area contributed by atoms with Gasteiger partial charge in [0.15, 0.2) is 0 Å². The molecule has 0 amide bonds. The summed E-state index contributed by atoms with van der Waals surface area (Å²) in [6.07, 6.45) is 0. The largest absolute Gasteiger partial charge is 0.308 e.